The Morgan fingerprint density at radius 3 is 2.19 bits per heavy atom. The molecule has 6 aliphatic rings. The zero-order valence-corrected chi connectivity index (χ0v) is 32.4. The summed E-state index contributed by atoms with van der Waals surface area (Å²) in [4.78, 5) is 27.7. The van der Waals surface area contributed by atoms with Gasteiger partial charge in [0.1, 0.15) is 6.10 Å². The topological polar surface area (TPSA) is 66.8 Å². The van der Waals surface area contributed by atoms with Gasteiger partial charge < -0.3 is 14.7 Å². The molecule has 0 unspecified atom stereocenters. The molecule has 10 atom stereocenters. The predicted molar refractivity (Wildman–Crippen MR) is 194 cm³/mol. The highest BCUT2D eigenvalue weighted by Gasteiger charge is 2.71. The fourth-order valence-corrected chi connectivity index (χ4v) is 14.1. The molecule has 5 nitrogen and oxygen atoms in total. The number of ether oxygens (including phenoxy) is 1. The minimum atomic E-state index is -1.11. The maximum Gasteiger partial charge on any atom is 0.309 e. The van der Waals surface area contributed by atoms with Gasteiger partial charge in [0.2, 0.25) is 0 Å². The number of hydrogen-bond acceptors (Lipinski definition) is 4. The van der Waals surface area contributed by atoms with Crippen LogP contribution in [0.4, 0.5) is 0 Å². The van der Waals surface area contributed by atoms with Crippen molar-refractivity contribution in [1.29, 1.82) is 0 Å². The molecule has 272 valence electrons. The predicted octanol–water partition coefficient (Wildman–Crippen LogP) is 10.3. The summed E-state index contributed by atoms with van der Waals surface area (Å²) in [5, 5.41) is 9.61. The fraction of sp³-hybridized carbons (Fsp3) is 0.907. The van der Waals surface area contributed by atoms with Crippen molar-refractivity contribution in [2.45, 2.75) is 171 Å². The van der Waals surface area contributed by atoms with Crippen molar-refractivity contribution in [2.75, 3.05) is 13.1 Å². The van der Waals surface area contributed by atoms with Gasteiger partial charge in [0.15, 0.2) is 0 Å². The Balaban J connectivity index is 1.24. The normalized spacial score (nSPS) is 43.5. The summed E-state index contributed by atoms with van der Waals surface area (Å²) in [6.45, 7) is 27.9. The van der Waals surface area contributed by atoms with Crippen molar-refractivity contribution in [2.24, 2.45) is 62.1 Å². The summed E-state index contributed by atoms with van der Waals surface area (Å²) in [6.07, 6.45) is 17.9. The molecular weight excluding hydrogens is 594 g/mol. The molecule has 6 aliphatic carbocycles. The molecule has 6 fully saturated rings. The molecule has 0 aromatic carbocycles. The molecule has 0 aromatic heterocycles. The van der Waals surface area contributed by atoms with Gasteiger partial charge in [-0.2, -0.15) is 0 Å². The summed E-state index contributed by atoms with van der Waals surface area (Å²) in [5.74, 6) is 2.10. The van der Waals surface area contributed by atoms with Gasteiger partial charge in [0.25, 0.3) is 0 Å². The molecule has 6 rings (SSSR count). The van der Waals surface area contributed by atoms with E-state index in [1.807, 2.05) is 0 Å². The second-order valence-electron chi connectivity index (χ2n) is 20.3. The molecule has 0 heterocycles. The number of hydrogen-bond donors (Lipinski definition) is 1. The van der Waals surface area contributed by atoms with Gasteiger partial charge in [-0.05, 0) is 175 Å². The minimum Gasteiger partial charge on any atom is -0.481 e. The van der Waals surface area contributed by atoms with E-state index >= 15 is 0 Å². The fourth-order valence-electron chi connectivity index (χ4n) is 14.1. The maximum atomic E-state index is 13.1. The van der Waals surface area contributed by atoms with Crippen molar-refractivity contribution in [3.05, 3.63) is 12.2 Å². The second-order valence-corrected chi connectivity index (χ2v) is 20.3. The van der Waals surface area contributed by atoms with E-state index in [1.54, 1.807) is 13.8 Å². The van der Waals surface area contributed by atoms with Gasteiger partial charge in [0.05, 0.1) is 11.8 Å². The van der Waals surface area contributed by atoms with Crippen molar-refractivity contribution < 1.29 is 19.4 Å². The molecule has 0 aromatic rings. The zero-order valence-electron chi connectivity index (χ0n) is 32.4. The van der Waals surface area contributed by atoms with Crippen LogP contribution in [0.2, 0.25) is 0 Å². The average Bonchev–Trinajstić information content (AvgIpc) is 3.76. The first-order valence-corrected chi connectivity index (χ1v) is 20.2. The van der Waals surface area contributed by atoms with E-state index in [0.717, 1.165) is 30.7 Å². The lowest BCUT2D eigenvalue weighted by molar-refractivity contribution is -0.250. The number of carbonyl (C=O) groups is 2. The van der Waals surface area contributed by atoms with Crippen LogP contribution in [0.5, 0.6) is 0 Å². The van der Waals surface area contributed by atoms with E-state index in [1.165, 1.54) is 95.7 Å². The average molecular weight is 666 g/mol. The van der Waals surface area contributed by atoms with E-state index in [2.05, 4.69) is 59.9 Å². The zero-order chi connectivity index (χ0) is 35.1. The van der Waals surface area contributed by atoms with Crippen LogP contribution in [-0.2, 0) is 14.3 Å². The lowest BCUT2D eigenvalue weighted by Crippen LogP contribution is -2.66. The van der Waals surface area contributed by atoms with Crippen molar-refractivity contribution in [3.8, 4) is 0 Å². The smallest absolute Gasteiger partial charge is 0.309 e. The van der Waals surface area contributed by atoms with Crippen LogP contribution < -0.4 is 0 Å². The first-order chi connectivity index (χ1) is 22.4. The Hall–Kier alpha value is -1.36. The summed E-state index contributed by atoms with van der Waals surface area (Å²) in [7, 11) is 0. The molecule has 0 saturated heterocycles. The van der Waals surface area contributed by atoms with Gasteiger partial charge in [-0.3, -0.25) is 9.59 Å². The maximum absolute atomic E-state index is 13.1. The van der Waals surface area contributed by atoms with Gasteiger partial charge in [-0.1, -0.05) is 53.7 Å². The van der Waals surface area contributed by atoms with Gasteiger partial charge in [0, 0.05) is 11.5 Å². The number of esters is 1. The summed E-state index contributed by atoms with van der Waals surface area (Å²) < 4.78 is 6.21. The molecule has 6 saturated carbocycles. The minimum absolute atomic E-state index is 0.0810. The number of fused-ring (bicyclic) bond motifs is 7. The number of nitrogens with zero attached hydrogens (tertiary/aromatic N) is 1. The monoisotopic (exact) mass is 666 g/mol. The molecule has 5 heteroatoms. The van der Waals surface area contributed by atoms with E-state index < -0.39 is 11.4 Å². The van der Waals surface area contributed by atoms with Crippen LogP contribution in [0.3, 0.4) is 0 Å². The number of carbonyl (C=O) groups excluding carboxylic acids is 1. The third-order valence-corrected chi connectivity index (χ3v) is 17.1. The Morgan fingerprint density at radius 2 is 1.56 bits per heavy atom. The molecule has 0 bridgehead atoms. The summed E-state index contributed by atoms with van der Waals surface area (Å²) in [6, 6.07) is 0.858. The van der Waals surface area contributed by atoms with Crippen LogP contribution in [0.15, 0.2) is 12.2 Å². The Morgan fingerprint density at radius 1 is 0.854 bits per heavy atom. The van der Waals surface area contributed by atoms with E-state index in [4.69, 9.17) is 4.74 Å². The molecule has 0 aliphatic heterocycles. The highest BCUT2D eigenvalue weighted by molar-refractivity contribution is 5.81. The number of allylic oxidation sites excluding steroid dienone is 1. The number of aliphatic carboxylic acids is 1. The standard InChI is InChI=1S/C43H71NO4/c1-11-25-44(29-12-13-29)26-24-43-21-16-30(28(2)3)36(43)31-14-15-33-40(8)19-18-34(48-35(45)27-38(4,5)37(46)47)39(6,7)32(40)17-20-42(33,10)41(31,9)22-23-43/h29-34,36H,2,11-27H2,1,3-10H3,(H,46,47)/t30-,31+,32-,33+,34-,36+,40-,41+,42+,43+/m0/s1. The first-order valence-electron chi connectivity index (χ1n) is 20.2. The van der Waals surface area contributed by atoms with Crippen molar-refractivity contribution in [3.63, 3.8) is 0 Å². The van der Waals surface area contributed by atoms with Crippen LogP contribution in [0.25, 0.3) is 0 Å². The first kappa shape index (κ1) is 36.4. The molecule has 0 radical (unpaired) electrons. The van der Waals surface area contributed by atoms with Gasteiger partial charge >= 0.3 is 11.9 Å². The van der Waals surface area contributed by atoms with E-state index in [-0.39, 0.29) is 29.3 Å². The van der Waals surface area contributed by atoms with Crippen LogP contribution in [-0.4, -0.2) is 47.2 Å². The Bertz CT molecular complexity index is 1270. The largest absolute Gasteiger partial charge is 0.481 e. The summed E-state index contributed by atoms with van der Waals surface area (Å²) >= 11 is 0. The van der Waals surface area contributed by atoms with E-state index in [0.29, 0.717) is 34.0 Å². The van der Waals surface area contributed by atoms with E-state index in [9.17, 15) is 14.7 Å². The molecule has 0 spiro atoms. The molecule has 0 amide bonds. The Kier molecular flexibility index (Phi) is 9.41. The van der Waals surface area contributed by atoms with Crippen molar-refractivity contribution >= 4 is 11.9 Å². The Labute approximate surface area is 293 Å². The third kappa shape index (κ3) is 5.65. The SMILES string of the molecule is C=C(C)[C@@H]1CC[C@]2(CCN(CCC)C3CC3)CC[C@]3(C)[C@H](CC[C@@H]4[C@@]5(C)CC[C@H](OC(=O)CC(C)(C)C(=O)O)C(C)(C)[C@@H]5CC[C@]43C)[C@@H]12. The van der Waals surface area contributed by atoms with Gasteiger partial charge in [-0.15, -0.1) is 0 Å². The lowest BCUT2D eigenvalue weighted by atomic mass is 9.32. The number of carboxylic acid groups (broad SMARTS) is 1. The highest BCUT2D eigenvalue weighted by atomic mass is 16.5. The quantitative estimate of drug-likeness (QED) is 0.176. The summed E-state index contributed by atoms with van der Waals surface area (Å²) in [5.41, 5.74) is 1.54. The van der Waals surface area contributed by atoms with Crippen molar-refractivity contribution in [1.82, 2.24) is 4.90 Å². The number of carboxylic acids is 1. The third-order valence-electron chi connectivity index (χ3n) is 17.1. The lowest BCUT2D eigenvalue weighted by Gasteiger charge is -2.73. The molecule has 1 N–H and O–H groups in total. The van der Waals surface area contributed by atoms with Crippen LogP contribution in [0, 0.1) is 62.1 Å². The van der Waals surface area contributed by atoms with Gasteiger partial charge in [-0.25, -0.2) is 0 Å². The second kappa shape index (κ2) is 12.4. The number of rotatable bonds is 11. The van der Waals surface area contributed by atoms with Crippen LogP contribution >= 0.6 is 0 Å². The highest BCUT2D eigenvalue weighted by Crippen LogP contribution is 2.78. The van der Waals surface area contributed by atoms with Crippen LogP contribution in [0.1, 0.15) is 159 Å². The molecular formula is C43H71NO4. The molecule has 48 heavy (non-hydrogen) atoms.